The number of rotatable bonds is 1. The van der Waals surface area contributed by atoms with E-state index >= 15 is 0 Å². The van der Waals surface area contributed by atoms with E-state index in [1.54, 1.807) is 32.1 Å². The van der Waals surface area contributed by atoms with Gasteiger partial charge in [-0.2, -0.15) is 0 Å². The van der Waals surface area contributed by atoms with Crippen molar-refractivity contribution in [1.82, 2.24) is 4.98 Å². The van der Waals surface area contributed by atoms with Crippen LogP contribution in [0, 0.1) is 24.2 Å². The number of ketones is 1. The molecule has 0 saturated carbocycles. The Morgan fingerprint density at radius 2 is 1.86 bits per heavy atom. The molecule has 0 fully saturated rings. The Bertz CT molecular complexity index is 1090. The fraction of sp³-hybridized carbons (Fsp3) is 0.607. The van der Waals surface area contributed by atoms with E-state index in [0.29, 0.717) is 6.42 Å². The second-order valence-electron chi connectivity index (χ2n) is 10.7. The van der Waals surface area contributed by atoms with E-state index in [1.807, 2.05) is 32.0 Å². The minimum atomic E-state index is -1.22. The van der Waals surface area contributed by atoms with Gasteiger partial charge in [-0.3, -0.25) is 9.59 Å². The number of aliphatic hydroxyl groups excluding tert-OH is 2. The Morgan fingerprint density at radius 3 is 2.57 bits per heavy atom. The molecule has 192 valence electrons. The van der Waals surface area contributed by atoms with Crippen molar-refractivity contribution in [3.05, 3.63) is 40.4 Å². The topological polar surface area (TPSA) is 96.7 Å². The maximum Gasteiger partial charge on any atom is 0.309 e. The highest BCUT2D eigenvalue weighted by molar-refractivity contribution is 7.18. The highest BCUT2D eigenvalue weighted by Gasteiger charge is 2.42. The summed E-state index contributed by atoms with van der Waals surface area (Å²) in [6, 6.07) is 5.93. The van der Waals surface area contributed by atoms with Crippen molar-refractivity contribution in [3.63, 3.8) is 0 Å². The summed E-state index contributed by atoms with van der Waals surface area (Å²) in [5, 5.41) is 22.6. The third-order valence-electron chi connectivity index (χ3n) is 7.41. The van der Waals surface area contributed by atoms with Gasteiger partial charge in [0.05, 0.1) is 39.3 Å². The zero-order chi connectivity index (χ0) is 25.9. The first-order valence-corrected chi connectivity index (χ1v) is 13.3. The van der Waals surface area contributed by atoms with Gasteiger partial charge in [-0.25, -0.2) is 4.98 Å². The Balaban J connectivity index is 1.91. The van der Waals surface area contributed by atoms with Crippen LogP contribution in [-0.4, -0.2) is 39.2 Å². The van der Waals surface area contributed by atoms with Crippen LogP contribution in [0.5, 0.6) is 0 Å². The number of aliphatic hydroxyl groups is 2. The zero-order valence-electron chi connectivity index (χ0n) is 21.7. The number of aromatic nitrogens is 1. The molecule has 7 heteroatoms. The van der Waals surface area contributed by atoms with Crippen LogP contribution in [0.1, 0.15) is 83.4 Å². The number of ether oxygens (including phenoxy) is 1. The summed E-state index contributed by atoms with van der Waals surface area (Å²) in [6.07, 6.45) is 2.35. The lowest BCUT2D eigenvalue weighted by molar-refractivity contribution is -0.155. The lowest BCUT2D eigenvalue weighted by atomic mass is 9.73. The van der Waals surface area contributed by atoms with Gasteiger partial charge in [-0.1, -0.05) is 45.4 Å². The standard InChI is InChI=1S/C28H39NO5S/c1-16-8-7-9-17(2)26(32)18(3)27(33)28(5,6)24(30)15-25(31)34-22(12-10-16)20-11-13-23-21(14-20)29-19(4)35-23/h10-11,13-14,17-18,22,24,26,30,32H,7-9,12,15H2,1-6H3/b16-10-/t17-,18-,22-,24+,26-/m0/s1. The molecule has 2 heterocycles. The minimum Gasteiger partial charge on any atom is -0.457 e. The second kappa shape index (κ2) is 11.3. The van der Waals surface area contributed by atoms with Gasteiger partial charge in [0.2, 0.25) is 0 Å². The number of carbonyl (C=O) groups is 2. The molecular weight excluding hydrogens is 462 g/mol. The van der Waals surface area contributed by atoms with Crippen LogP contribution in [0.25, 0.3) is 10.2 Å². The highest BCUT2D eigenvalue weighted by Crippen LogP contribution is 2.34. The summed E-state index contributed by atoms with van der Waals surface area (Å²) in [5.41, 5.74) is 1.73. The van der Waals surface area contributed by atoms with Crippen molar-refractivity contribution in [2.75, 3.05) is 0 Å². The largest absolute Gasteiger partial charge is 0.457 e. The van der Waals surface area contributed by atoms with Crippen LogP contribution in [0.4, 0.5) is 0 Å². The Labute approximate surface area is 212 Å². The number of Topliss-reactive ketones (excluding diaryl/α,β-unsaturated/α-hetero) is 1. The van der Waals surface area contributed by atoms with E-state index in [2.05, 4.69) is 18.0 Å². The molecule has 35 heavy (non-hydrogen) atoms. The van der Waals surface area contributed by atoms with E-state index < -0.39 is 35.6 Å². The van der Waals surface area contributed by atoms with Crippen molar-refractivity contribution < 1.29 is 24.5 Å². The van der Waals surface area contributed by atoms with Crippen molar-refractivity contribution >= 4 is 33.3 Å². The summed E-state index contributed by atoms with van der Waals surface area (Å²) in [5.74, 6) is -1.50. The number of benzene rings is 1. The summed E-state index contributed by atoms with van der Waals surface area (Å²) in [6.45, 7) is 11.0. The van der Waals surface area contributed by atoms with Crippen LogP contribution in [0.15, 0.2) is 29.8 Å². The molecular formula is C28H39NO5S. The van der Waals surface area contributed by atoms with Crippen LogP contribution >= 0.6 is 11.3 Å². The molecule has 1 aromatic carbocycles. The van der Waals surface area contributed by atoms with E-state index in [9.17, 15) is 19.8 Å². The summed E-state index contributed by atoms with van der Waals surface area (Å²) < 4.78 is 6.96. The van der Waals surface area contributed by atoms with Crippen molar-refractivity contribution in [3.8, 4) is 0 Å². The molecule has 1 aliphatic heterocycles. The molecule has 2 N–H and O–H groups in total. The van der Waals surface area contributed by atoms with Gasteiger partial charge in [-0.05, 0) is 56.7 Å². The molecule has 0 unspecified atom stereocenters. The molecule has 1 aliphatic rings. The van der Waals surface area contributed by atoms with Gasteiger partial charge < -0.3 is 14.9 Å². The molecule has 1 aromatic heterocycles. The van der Waals surface area contributed by atoms with Crippen LogP contribution in [-0.2, 0) is 14.3 Å². The van der Waals surface area contributed by atoms with Gasteiger partial charge in [0, 0.05) is 12.3 Å². The average molecular weight is 502 g/mol. The Hall–Kier alpha value is -2.09. The molecule has 0 aliphatic carbocycles. The maximum atomic E-state index is 13.2. The summed E-state index contributed by atoms with van der Waals surface area (Å²) >= 11 is 1.62. The Morgan fingerprint density at radius 1 is 1.14 bits per heavy atom. The van der Waals surface area contributed by atoms with Crippen molar-refractivity contribution in [2.24, 2.45) is 17.3 Å². The predicted molar refractivity (Wildman–Crippen MR) is 139 cm³/mol. The van der Waals surface area contributed by atoms with Gasteiger partial charge in [-0.15, -0.1) is 11.3 Å². The quantitative estimate of drug-likeness (QED) is 0.385. The second-order valence-corrected chi connectivity index (χ2v) is 11.9. The number of esters is 1. The van der Waals surface area contributed by atoms with Crippen molar-refractivity contribution in [2.45, 2.75) is 92.0 Å². The van der Waals surface area contributed by atoms with E-state index in [1.165, 1.54) is 5.57 Å². The molecule has 3 rings (SSSR count). The van der Waals surface area contributed by atoms with Crippen LogP contribution in [0.2, 0.25) is 0 Å². The lowest BCUT2D eigenvalue weighted by Crippen LogP contribution is -2.45. The number of allylic oxidation sites excluding steroid dienone is 1. The molecule has 0 saturated heterocycles. The van der Waals surface area contributed by atoms with Crippen LogP contribution in [0.3, 0.4) is 0 Å². The number of hydrogen-bond donors (Lipinski definition) is 2. The van der Waals surface area contributed by atoms with Gasteiger partial charge in [0.15, 0.2) is 0 Å². The number of thiazole rings is 1. The number of fused-ring (bicyclic) bond motifs is 1. The third-order valence-corrected chi connectivity index (χ3v) is 8.36. The Kier molecular flexibility index (Phi) is 8.89. The van der Waals surface area contributed by atoms with Crippen LogP contribution < -0.4 is 0 Å². The zero-order valence-corrected chi connectivity index (χ0v) is 22.5. The average Bonchev–Trinajstić information content (AvgIpc) is 3.18. The smallest absolute Gasteiger partial charge is 0.309 e. The number of nitrogens with zero attached hydrogens (tertiary/aromatic N) is 1. The molecule has 0 bridgehead atoms. The number of hydrogen-bond acceptors (Lipinski definition) is 7. The number of cyclic esters (lactones) is 1. The fourth-order valence-electron chi connectivity index (χ4n) is 4.81. The molecule has 0 amide bonds. The molecule has 5 atom stereocenters. The predicted octanol–water partition coefficient (Wildman–Crippen LogP) is 5.69. The SMILES string of the molecule is C/C1=C/C[C@@H](c2ccc3sc(C)nc3c2)OC(=O)C[C@@H](O)C(C)(C)C(=O)[C@@H](C)[C@@H](O)[C@@H](C)CCC1. The fourth-order valence-corrected chi connectivity index (χ4v) is 5.62. The number of carbonyl (C=O) groups excluding carboxylic acids is 2. The maximum absolute atomic E-state index is 13.2. The lowest BCUT2D eigenvalue weighted by Gasteiger charge is -2.34. The number of aryl methyl sites for hydroxylation is 1. The molecule has 0 spiro atoms. The monoisotopic (exact) mass is 501 g/mol. The first kappa shape index (κ1) is 27.5. The first-order chi connectivity index (χ1) is 16.4. The molecule has 0 radical (unpaired) electrons. The van der Waals surface area contributed by atoms with Gasteiger partial charge in [0.1, 0.15) is 11.9 Å². The molecule has 2 aromatic rings. The summed E-state index contributed by atoms with van der Waals surface area (Å²) in [4.78, 5) is 30.7. The van der Waals surface area contributed by atoms with Crippen molar-refractivity contribution in [1.29, 1.82) is 0 Å². The third kappa shape index (κ3) is 6.57. The molecule has 6 nitrogen and oxygen atoms in total. The minimum absolute atomic E-state index is 0.0476. The van der Waals surface area contributed by atoms with Gasteiger partial charge >= 0.3 is 5.97 Å². The van der Waals surface area contributed by atoms with E-state index in [0.717, 1.165) is 40.1 Å². The van der Waals surface area contributed by atoms with Gasteiger partial charge in [0.25, 0.3) is 0 Å². The normalized spacial score (nSPS) is 31.1. The highest BCUT2D eigenvalue weighted by atomic mass is 32.1. The first-order valence-electron chi connectivity index (χ1n) is 12.5. The van der Waals surface area contributed by atoms with E-state index in [-0.39, 0.29) is 18.1 Å². The van der Waals surface area contributed by atoms with E-state index in [4.69, 9.17) is 4.74 Å². The summed E-state index contributed by atoms with van der Waals surface area (Å²) in [7, 11) is 0.